The number of fused-ring (bicyclic) bond motifs is 1. The summed E-state index contributed by atoms with van der Waals surface area (Å²) in [5.41, 5.74) is 1.50. The van der Waals surface area contributed by atoms with Gasteiger partial charge in [0, 0.05) is 0 Å². The smallest absolute Gasteiger partial charge is 0.358 e. The van der Waals surface area contributed by atoms with E-state index in [4.69, 9.17) is 0 Å². The minimum Gasteiger partial charge on any atom is -0.358 e. The van der Waals surface area contributed by atoms with Gasteiger partial charge in [-0.1, -0.05) is 89.3 Å². The summed E-state index contributed by atoms with van der Waals surface area (Å²) in [5, 5.41) is 0. The number of rotatable bonds is 2. The molecule has 0 radical (unpaired) electrons. The van der Waals surface area contributed by atoms with E-state index in [0.29, 0.717) is 0 Å². The zero-order valence-electron chi connectivity index (χ0n) is 21.9. The summed E-state index contributed by atoms with van der Waals surface area (Å²) in [7, 11) is 0. The first-order valence-corrected chi connectivity index (χ1v) is 10.9. The Bertz CT molecular complexity index is 572. The molecule has 3 unspecified atom stereocenters. The van der Waals surface area contributed by atoms with E-state index in [9.17, 15) is 0 Å². The molecule has 0 saturated heterocycles. The second kappa shape index (κ2) is 16.2. The molecule has 1 aromatic carbocycles. The van der Waals surface area contributed by atoms with Gasteiger partial charge in [-0.15, -0.1) is 0 Å². The van der Waals surface area contributed by atoms with Gasteiger partial charge >= 0.3 is 25.8 Å². The first kappa shape index (κ1) is 35.2. The summed E-state index contributed by atoms with van der Waals surface area (Å²) in [6, 6.07) is 10.9. The summed E-state index contributed by atoms with van der Waals surface area (Å²) in [6.07, 6.45) is 13.3. The predicted octanol–water partition coefficient (Wildman–Crippen LogP) is 8.98. The van der Waals surface area contributed by atoms with Gasteiger partial charge in [-0.2, -0.15) is 0 Å². The van der Waals surface area contributed by atoms with E-state index in [1.807, 2.05) is 0 Å². The van der Waals surface area contributed by atoms with Crippen molar-refractivity contribution in [1.29, 1.82) is 0 Å². The summed E-state index contributed by atoms with van der Waals surface area (Å²) in [4.78, 5) is 0. The average molecular weight is 589 g/mol. The van der Waals surface area contributed by atoms with E-state index in [2.05, 4.69) is 89.3 Å². The molecule has 4 rings (SSSR count). The van der Waals surface area contributed by atoms with Crippen LogP contribution in [0.15, 0.2) is 54.6 Å². The predicted molar refractivity (Wildman–Crippen MR) is 140 cm³/mol. The van der Waals surface area contributed by atoms with Crippen LogP contribution in [0, 0.1) is 77.0 Å². The molecule has 1 heteroatoms. The fraction of sp³-hybridized carbons (Fsp3) is 0.533. The van der Waals surface area contributed by atoms with Crippen molar-refractivity contribution in [2.45, 2.75) is 53.9 Å². The van der Waals surface area contributed by atoms with Crippen LogP contribution in [0.3, 0.4) is 0 Å². The van der Waals surface area contributed by atoms with Crippen LogP contribution >= 0.6 is 0 Å². The van der Waals surface area contributed by atoms with E-state index < -0.39 is 0 Å². The van der Waals surface area contributed by atoms with Gasteiger partial charge in [-0.05, 0) is 72.2 Å². The van der Waals surface area contributed by atoms with Gasteiger partial charge < -0.3 is 29.7 Å². The second-order valence-corrected chi connectivity index (χ2v) is 9.33. The topological polar surface area (TPSA) is 0 Å². The van der Waals surface area contributed by atoms with Crippen LogP contribution in [-0.2, 0) is 32.3 Å². The average Bonchev–Trinajstić information content (AvgIpc) is 3.15. The van der Waals surface area contributed by atoms with Gasteiger partial charge in [0.05, 0.1) is 0 Å². The fourth-order valence-corrected chi connectivity index (χ4v) is 5.61. The fourth-order valence-electron chi connectivity index (χ4n) is 5.61. The Morgan fingerprint density at radius 3 is 1.58 bits per heavy atom. The summed E-state index contributed by atoms with van der Waals surface area (Å²) in [6.45, 7) is 12.0. The van der Waals surface area contributed by atoms with Crippen molar-refractivity contribution in [1.82, 2.24) is 0 Å². The molecule has 0 N–H and O–H groups in total. The van der Waals surface area contributed by atoms with Gasteiger partial charge in [0.1, 0.15) is 0 Å². The molecule has 3 aliphatic rings. The molecule has 0 aromatic heterocycles. The molecule has 0 bridgehead atoms. The molecular formula is C30H50Hf. The molecule has 3 atom stereocenters. The van der Waals surface area contributed by atoms with Gasteiger partial charge in [-0.3, -0.25) is 0 Å². The van der Waals surface area contributed by atoms with Gasteiger partial charge in [0.2, 0.25) is 0 Å². The SMILES string of the molecule is C1=CC2CCC(Cc3ccccc3)C2C=C1.CC1C(C)C(C)C(C)C1C.[CH3-].[CH3-].[CH3-].[CH3-].[Hf+4]. The van der Waals surface area contributed by atoms with Crippen LogP contribution < -0.4 is 0 Å². The van der Waals surface area contributed by atoms with E-state index in [1.54, 1.807) is 0 Å². The number of hydrogen-bond acceptors (Lipinski definition) is 0. The Morgan fingerprint density at radius 1 is 0.645 bits per heavy atom. The first-order valence-electron chi connectivity index (χ1n) is 10.9. The van der Waals surface area contributed by atoms with Crippen LogP contribution in [0.4, 0.5) is 0 Å². The first-order chi connectivity index (χ1) is 12.5. The molecule has 31 heavy (non-hydrogen) atoms. The van der Waals surface area contributed by atoms with Crippen molar-refractivity contribution in [2.75, 3.05) is 0 Å². The van der Waals surface area contributed by atoms with Gasteiger partial charge in [0.25, 0.3) is 0 Å². The van der Waals surface area contributed by atoms with Crippen LogP contribution in [0.25, 0.3) is 0 Å². The van der Waals surface area contributed by atoms with Crippen molar-refractivity contribution in [2.24, 2.45) is 47.3 Å². The van der Waals surface area contributed by atoms with Crippen LogP contribution in [0.2, 0.25) is 0 Å². The van der Waals surface area contributed by atoms with Gasteiger partial charge in [0.15, 0.2) is 0 Å². The molecule has 2 fully saturated rings. The Labute approximate surface area is 216 Å². The zero-order valence-corrected chi connectivity index (χ0v) is 25.5. The largest absolute Gasteiger partial charge is 4.00 e. The molecule has 2 saturated carbocycles. The number of allylic oxidation sites excluding steroid dienone is 4. The van der Waals surface area contributed by atoms with Crippen molar-refractivity contribution in [3.8, 4) is 0 Å². The van der Waals surface area contributed by atoms with Crippen molar-refractivity contribution >= 4 is 0 Å². The summed E-state index contributed by atoms with van der Waals surface area (Å²) >= 11 is 0. The minimum atomic E-state index is 0. The van der Waals surface area contributed by atoms with E-state index >= 15 is 0 Å². The zero-order chi connectivity index (χ0) is 18.7. The maximum absolute atomic E-state index is 2.42. The summed E-state index contributed by atoms with van der Waals surface area (Å²) < 4.78 is 0. The van der Waals surface area contributed by atoms with Crippen molar-refractivity contribution in [3.05, 3.63) is 89.9 Å². The normalized spacial score (nSPS) is 34.2. The third-order valence-corrected chi connectivity index (χ3v) is 8.20. The molecule has 0 aliphatic heterocycles. The van der Waals surface area contributed by atoms with Crippen molar-refractivity contribution in [3.63, 3.8) is 0 Å². The summed E-state index contributed by atoms with van der Waals surface area (Å²) in [5.74, 6) is 7.15. The molecule has 174 valence electrons. The van der Waals surface area contributed by atoms with E-state index in [0.717, 1.165) is 47.3 Å². The Kier molecular flexibility index (Phi) is 18.4. The van der Waals surface area contributed by atoms with Crippen LogP contribution in [0.1, 0.15) is 53.0 Å². The minimum absolute atomic E-state index is 0. The molecule has 3 aliphatic carbocycles. The molecular weight excluding hydrogens is 539 g/mol. The van der Waals surface area contributed by atoms with Crippen LogP contribution in [0.5, 0.6) is 0 Å². The van der Waals surface area contributed by atoms with Gasteiger partial charge in [-0.25, -0.2) is 0 Å². The molecule has 1 aromatic rings. The Morgan fingerprint density at radius 2 is 1.10 bits per heavy atom. The monoisotopic (exact) mass is 590 g/mol. The Balaban J connectivity index is -0.000000469. The van der Waals surface area contributed by atoms with E-state index in [-0.39, 0.29) is 55.5 Å². The maximum Gasteiger partial charge on any atom is 4.00 e. The quantitative estimate of drug-likeness (QED) is 0.239. The van der Waals surface area contributed by atoms with E-state index in [1.165, 1.54) is 24.8 Å². The molecule has 0 heterocycles. The maximum atomic E-state index is 2.42. The molecule has 0 spiro atoms. The molecule has 0 nitrogen and oxygen atoms in total. The van der Waals surface area contributed by atoms with Crippen molar-refractivity contribution < 1.29 is 25.8 Å². The second-order valence-electron chi connectivity index (χ2n) is 9.33. The third kappa shape index (κ3) is 8.45. The number of benzene rings is 1. The third-order valence-electron chi connectivity index (χ3n) is 8.20. The standard InChI is InChI=1S/C16H18.C10H20.4CH3.Hf/c1-2-6-13(7-3-1)12-15-11-10-14-8-4-5-9-16(14)15;1-6-7(2)9(4)10(5)8(6)3;;;;;/h1-9,14-16H,10-12H2;6-10H,1-5H3;4*1H3;/q;;4*-1;+4. The Hall–Kier alpha value is -0.430. The van der Waals surface area contributed by atoms with Crippen LogP contribution in [-0.4, -0.2) is 0 Å². The molecule has 0 amide bonds. The number of hydrogen-bond donors (Lipinski definition) is 0.